The van der Waals surface area contributed by atoms with Gasteiger partial charge in [-0.15, -0.1) is 5.73 Å². The second-order valence-electron chi connectivity index (χ2n) is 5.70. The molecule has 0 bridgehead atoms. The molecule has 22 heavy (non-hydrogen) atoms. The molecule has 1 aliphatic carbocycles. The fraction of sp³-hybridized carbons (Fsp3) is 0.350. The Kier molecular flexibility index (Phi) is 6.76. The van der Waals surface area contributed by atoms with Gasteiger partial charge in [-0.2, -0.15) is 0 Å². The van der Waals surface area contributed by atoms with E-state index >= 15 is 0 Å². The van der Waals surface area contributed by atoms with Crippen molar-refractivity contribution in [3.8, 4) is 0 Å². The van der Waals surface area contributed by atoms with E-state index in [1.165, 1.54) is 42.4 Å². The maximum atomic E-state index is 8.85. The molecule has 1 aromatic carbocycles. The summed E-state index contributed by atoms with van der Waals surface area (Å²) in [6.07, 6.45) is 14.4. The topological polar surface area (TPSA) is 32.3 Å². The second kappa shape index (κ2) is 9.09. The Morgan fingerprint density at radius 2 is 1.82 bits per heavy atom. The molecule has 1 aromatic rings. The molecule has 1 aliphatic rings. The van der Waals surface area contributed by atoms with Crippen molar-refractivity contribution < 1.29 is 5.21 Å². The van der Waals surface area contributed by atoms with Gasteiger partial charge < -0.3 is 0 Å². The molecule has 0 fully saturated rings. The second-order valence-corrected chi connectivity index (χ2v) is 5.70. The van der Waals surface area contributed by atoms with Gasteiger partial charge in [0.15, 0.2) is 0 Å². The first-order chi connectivity index (χ1) is 10.8. The molecule has 0 spiro atoms. The fourth-order valence-corrected chi connectivity index (χ4v) is 2.68. The molecular weight excluding hydrogens is 270 g/mol. The lowest BCUT2D eigenvalue weighted by Crippen LogP contribution is -2.06. The van der Waals surface area contributed by atoms with E-state index in [0.29, 0.717) is 5.70 Å². The van der Waals surface area contributed by atoms with Crippen LogP contribution in [0.15, 0.2) is 66.1 Å². The number of rotatable bonds is 8. The molecule has 2 rings (SSSR count). The Morgan fingerprint density at radius 1 is 1.09 bits per heavy atom. The smallest absolute Gasteiger partial charge is 0.0790 e. The molecular formula is C20H25NO. The summed E-state index contributed by atoms with van der Waals surface area (Å²) in [5.74, 6) is 0. The van der Waals surface area contributed by atoms with Crippen LogP contribution in [0.1, 0.15) is 43.2 Å². The van der Waals surface area contributed by atoms with Crippen molar-refractivity contribution in [1.82, 2.24) is 5.48 Å². The quantitative estimate of drug-likeness (QED) is 0.530. The molecule has 2 nitrogen and oxygen atoms in total. The highest BCUT2D eigenvalue weighted by Gasteiger charge is 2.00. The highest BCUT2D eigenvalue weighted by atomic mass is 16.5. The summed E-state index contributed by atoms with van der Waals surface area (Å²) >= 11 is 0. The van der Waals surface area contributed by atoms with Crippen molar-refractivity contribution in [3.05, 3.63) is 77.2 Å². The minimum absolute atomic E-state index is 0.637. The molecule has 0 aliphatic heterocycles. The van der Waals surface area contributed by atoms with Crippen LogP contribution < -0.4 is 5.48 Å². The SMILES string of the molecule is C=C=C(CCc1ccc(CCCC2=CCCC=C2)cc1)NO. The third-order valence-electron chi connectivity index (χ3n) is 4.04. The average molecular weight is 295 g/mol. The minimum atomic E-state index is 0.637. The van der Waals surface area contributed by atoms with E-state index in [9.17, 15) is 0 Å². The number of hydrogen-bond donors (Lipinski definition) is 2. The summed E-state index contributed by atoms with van der Waals surface area (Å²) < 4.78 is 0. The number of hydrogen-bond acceptors (Lipinski definition) is 2. The van der Waals surface area contributed by atoms with E-state index in [1.54, 1.807) is 0 Å². The Morgan fingerprint density at radius 3 is 2.41 bits per heavy atom. The molecule has 0 heterocycles. The first-order valence-electron chi connectivity index (χ1n) is 8.04. The zero-order valence-corrected chi connectivity index (χ0v) is 13.1. The van der Waals surface area contributed by atoms with Crippen molar-refractivity contribution in [3.63, 3.8) is 0 Å². The summed E-state index contributed by atoms with van der Waals surface area (Å²) in [6, 6.07) is 8.77. The largest absolute Gasteiger partial charge is 0.291 e. The van der Waals surface area contributed by atoms with E-state index in [-0.39, 0.29) is 0 Å². The van der Waals surface area contributed by atoms with Gasteiger partial charge in [0.2, 0.25) is 0 Å². The predicted octanol–water partition coefficient (Wildman–Crippen LogP) is 4.87. The van der Waals surface area contributed by atoms with Crippen LogP contribution in [0.25, 0.3) is 0 Å². The molecule has 116 valence electrons. The van der Waals surface area contributed by atoms with Gasteiger partial charge in [0.25, 0.3) is 0 Å². The molecule has 0 saturated carbocycles. The van der Waals surface area contributed by atoms with E-state index < -0.39 is 0 Å². The van der Waals surface area contributed by atoms with Gasteiger partial charge in [0.1, 0.15) is 0 Å². The molecule has 0 radical (unpaired) electrons. The molecule has 0 saturated heterocycles. The molecule has 2 heteroatoms. The van der Waals surface area contributed by atoms with Crippen LogP contribution in [-0.2, 0) is 12.8 Å². The predicted molar refractivity (Wildman–Crippen MR) is 91.7 cm³/mol. The van der Waals surface area contributed by atoms with Crippen LogP contribution in [0.4, 0.5) is 0 Å². The normalized spacial score (nSPS) is 13.4. The molecule has 2 N–H and O–H groups in total. The van der Waals surface area contributed by atoms with Crippen LogP contribution in [0.2, 0.25) is 0 Å². The van der Waals surface area contributed by atoms with Gasteiger partial charge in [0, 0.05) is 6.42 Å². The number of hydroxylamine groups is 1. The molecule has 0 unspecified atom stereocenters. The standard InChI is InChI=1S/C20H25NO/c1-2-20(21-22)16-15-19-13-11-18(12-14-19)10-6-9-17-7-4-3-5-8-17/h4,7-8,11-14,21-22H,1,3,5-6,9-10,15-16H2. The zero-order valence-electron chi connectivity index (χ0n) is 13.1. The molecule has 0 amide bonds. The monoisotopic (exact) mass is 295 g/mol. The maximum Gasteiger partial charge on any atom is 0.0790 e. The average Bonchev–Trinajstić information content (AvgIpc) is 2.58. The Hall–Kier alpha value is -2.02. The number of aryl methyl sites for hydroxylation is 2. The molecule has 0 aromatic heterocycles. The van der Waals surface area contributed by atoms with Crippen molar-refractivity contribution in [2.24, 2.45) is 0 Å². The van der Waals surface area contributed by atoms with Gasteiger partial charge in [0.05, 0.1) is 5.70 Å². The number of nitrogens with one attached hydrogen (secondary N) is 1. The van der Waals surface area contributed by atoms with Gasteiger partial charge in [-0.05, 0) is 49.7 Å². The van der Waals surface area contributed by atoms with Crippen LogP contribution in [-0.4, -0.2) is 5.21 Å². The summed E-state index contributed by atoms with van der Waals surface area (Å²) in [5.41, 5.74) is 9.60. The summed E-state index contributed by atoms with van der Waals surface area (Å²) in [6.45, 7) is 3.54. The highest BCUT2D eigenvalue weighted by molar-refractivity contribution is 5.25. The molecule has 0 atom stereocenters. The first-order valence-corrected chi connectivity index (χ1v) is 8.04. The van der Waals surface area contributed by atoms with Crippen LogP contribution in [0, 0.1) is 0 Å². The van der Waals surface area contributed by atoms with Crippen molar-refractivity contribution in [1.29, 1.82) is 0 Å². The maximum absolute atomic E-state index is 8.85. The number of allylic oxidation sites excluding steroid dienone is 5. The van der Waals surface area contributed by atoms with Crippen LogP contribution in [0.3, 0.4) is 0 Å². The fourth-order valence-electron chi connectivity index (χ4n) is 2.68. The van der Waals surface area contributed by atoms with Gasteiger partial charge in [-0.25, -0.2) is 0 Å². The third-order valence-corrected chi connectivity index (χ3v) is 4.04. The lowest BCUT2D eigenvalue weighted by atomic mass is 9.99. The van der Waals surface area contributed by atoms with Crippen molar-refractivity contribution in [2.45, 2.75) is 44.9 Å². The van der Waals surface area contributed by atoms with Crippen LogP contribution >= 0.6 is 0 Å². The third kappa shape index (κ3) is 5.40. The van der Waals surface area contributed by atoms with Crippen LogP contribution in [0.5, 0.6) is 0 Å². The van der Waals surface area contributed by atoms with Gasteiger partial charge >= 0.3 is 0 Å². The first kappa shape index (κ1) is 16.4. The van der Waals surface area contributed by atoms with E-state index in [0.717, 1.165) is 19.3 Å². The van der Waals surface area contributed by atoms with Gasteiger partial charge in [-0.1, -0.05) is 54.6 Å². The Bertz CT molecular complexity index is 574. The highest BCUT2D eigenvalue weighted by Crippen LogP contribution is 2.17. The lowest BCUT2D eigenvalue weighted by molar-refractivity contribution is 0.196. The van der Waals surface area contributed by atoms with Crippen molar-refractivity contribution >= 4 is 0 Å². The Labute approximate surface area is 133 Å². The van der Waals surface area contributed by atoms with E-state index in [2.05, 4.69) is 60.3 Å². The Balaban J connectivity index is 1.75. The summed E-state index contributed by atoms with van der Waals surface area (Å²) in [7, 11) is 0. The number of benzene rings is 1. The van der Waals surface area contributed by atoms with E-state index in [1.807, 2.05) is 0 Å². The van der Waals surface area contributed by atoms with Crippen molar-refractivity contribution in [2.75, 3.05) is 0 Å². The summed E-state index contributed by atoms with van der Waals surface area (Å²) in [5, 5.41) is 8.85. The summed E-state index contributed by atoms with van der Waals surface area (Å²) in [4.78, 5) is 0. The van der Waals surface area contributed by atoms with Gasteiger partial charge in [-0.3, -0.25) is 10.7 Å². The van der Waals surface area contributed by atoms with E-state index in [4.69, 9.17) is 5.21 Å². The minimum Gasteiger partial charge on any atom is -0.291 e. The lowest BCUT2D eigenvalue weighted by Gasteiger charge is -2.08. The zero-order chi connectivity index (χ0) is 15.6.